The van der Waals surface area contributed by atoms with Crippen LogP contribution in [0.4, 0.5) is 0 Å². The second-order valence-corrected chi connectivity index (χ2v) is 0.391. The van der Waals surface area contributed by atoms with Gasteiger partial charge in [-0.3, -0.25) is 0 Å². The first-order valence-corrected chi connectivity index (χ1v) is 1.77. The smallest absolute Gasteiger partial charge is 0.812 e. The van der Waals surface area contributed by atoms with Crippen molar-refractivity contribution >= 4 is 0 Å². The van der Waals surface area contributed by atoms with E-state index in [0.29, 0.717) is 6.26 Å². The van der Waals surface area contributed by atoms with Crippen LogP contribution in [0.1, 0.15) is 0 Å². The van der Waals surface area contributed by atoms with E-state index in [9.17, 15) is 0 Å². The van der Waals surface area contributed by atoms with Crippen LogP contribution in [-0.2, 0) is 17.4 Å². The zero-order valence-electron chi connectivity index (χ0n) is 6.95. The summed E-state index contributed by atoms with van der Waals surface area (Å²) in [6.07, 6.45) is 2.75. The molecular formula is C4H3CrKN4O4. The van der Waals surface area contributed by atoms with E-state index < -0.39 is 0 Å². The predicted octanol–water partition coefficient (Wildman–Crippen LogP) is -4.65. The number of rotatable bonds is 0. The van der Waals surface area contributed by atoms with E-state index in [-0.39, 0.29) is 68.7 Å². The Morgan fingerprint density at radius 2 is 0.786 bits per heavy atom. The first-order chi connectivity index (χ1) is 5.66. The molecule has 0 amide bonds. The quantitative estimate of drug-likeness (QED) is 0.288. The second kappa shape index (κ2) is 143. The molecule has 3 N–H and O–H groups in total. The van der Waals surface area contributed by atoms with Gasteiger partial charge in [-0.25, -0.2) is 5.26 Å². The van der Waals surface area contributed by atoms with Crippen molar-refractivity contribution in [2.24, 2.45) is 0 Å². The molecule has 0 bridgehead atoms. The molecule has 0 heterocycles. The Labute approximate surface area is 133 Å². The van der Waals surface area contributed by atoms with E-state index in [1.165, 1.54) is 0 Å². The van der Waals surface area contributed by atoms with E-state index in [4.69, 9.17) is 41.5 Å². The maximum absolute atomic E-state index is 8.24. The van der Waals surface area contributed by atoms with Crippen LogP contribution in [-0.4, -0.2) is 15.3 Å². The Morgan fingerprint density at radius 1 is 0.786 bits per heavy atom. The normalized spacial score (nSPS) is 2.00. The van der Waals surface area contributed by atoms with Gasteiger partial charge in [0, 0.05) is 23.6 Å². The molecule has 14 heavy (non-hydrogen) atoms. The molecule has 10 heteroatoms. The number of nitriles is 4. The minimum atomic E-state index is 0. The van der Waals surface area contributed by atoms with E-state index in [1.54, 1.807) is 0 Å². The van der Waals surface area contributed by atoms with Gasteiger partial charge in [-0.1, -0.05) is 0 Å². The van der Waals surface area contributed by atoms with Gasteiger partial charge in [-0.2, -0.15) is 15.8 Å². The van der Waals surface area contributed by atoms with Crippen LogP contribution in [0.2, 0.25) is 0 Å². The van der Waals surface area contributed by atoms with Crippen LogP contribution in [0.15, 0.2) is 0 Å². The van der Waals surface area contributed by atoms with Crippen molar-refractivity contribution < 1.29 is 89.2 Å². The summed E-state index contributed by atoms with van der Waals surface area (Å²) in [5, 5.41) is 56.2. The number of nitrogens with zero attached hydrogens (tertiary/aromatic N) is 4. The summed E-state index contributed by atoms with van der Waals surface area (Å²) < 4.78 is 0. The maximum Gasteiger partial charge on any atom is 1.00 e. The van der Waals surface area contributed by atoms with Crippen molar-refractivity contribution in [3.05, 3.63) is 0 Å². The summed E-state index contributed by atoms with van der Waals surface area (Å²) >= 11 is 0. The van der Waals surface area contributed by atoms with Gasteiger partial charge in [0.05, 0.1) is 0 Å². The van der Waals surface area contributed by atoms with Gasteiger partial charge in [0.25, 0.3) is 18.8 Å². The maximum atomic E-state index is 8.24. The van der Waals surface area contributed by atoms with Crippen LogP contribution < -0.4 is 56.5 Å². The van der Waals surface area contributed by atoms with Gasteiger partial charge >= 0.3 is 51.4 Å². The van der Waals surface area contributed by atoms with Crippen LogP contribution in [0.25, 0.3) is 0 Å². The molecule has 70 valence electrons. The molecule has 0 fully saturated rings. The first-order valence-electron chi connectivity index (χ1n) is 1.77. The molecule has 0 aliphatic rings. The number of hydrogen-bond donors (Lipinski definition) is 3. The average Bonchev–Trinajstić information content (AvgIpc) is 1.92. The molecule has 0 aliphatic heterocycles. The zero-order chi connectivity index (χ0) is 10.8. The minimum absolute atomic E-state index is 0. The number of aliphatic hydroxyl groups is 3. The minimum Gasteiger partial charge on any atom is -0.812 e. The summed E-state index contributed by atoms with van der Waals surface area (Å²) in [7, 11) is 0. The molecule has 0 aromatic rings. The molecule has 0 unspecified atom stereocenters. The fraction of sp³-hybridized carbons (Fsp3) is 0. The molecule has 0 atom stereocenters. The molecule has 0 rings (SSSR count). The van der Waals surface area contributed by atoms with Crippen LogP contribution in [0.5, 0.6) is 0 Å². The van der Waals surface area contributed by atoms with E-state index in [2.05, 4.69) is 0 Å². The van der Waals surface area contributed by atoms with Gasteiger partial charge in [0.15, 0.2) is 0 Å². The monoisotopic (exact) mass is 262 g/mol. The van der Waals surface area contributed by atoms with Gasteiger partial charge in [-0.05, 0) is 0 Å². The molecule has 8 nitrogen and oxygen atoms in total. The van der Waals surface area contributed by atoms with Crippen LogP contribution in [0.3, 0.4) is 0 Å². The van der Waals surface area contributed by atoms with E-state index in [1.807, 2.05) is 0 Å². The molecule has 0 saturated heterocycles. The molecule has 0 aromatic carbocycles. The number of aliphatic hydroxyl groups excluding tert-OH is 3. The first kappa shape index (κ1) is 37.7. The van der Waals surface area contributed by atoms with Crippen molar-refractivity contribution in [1.29, 1.82) is 21.0 Å². The van der Waals surface area contributed by atoms with E-state index >= 15 is 0 Å². The molecule has 0 spiro atoms. The SMILES string of the molecule is N#CO.N#CO.N#CO.N#C[O-].[Cr].[K+]. The fourth-order valence-corrected chi connectivity index (χ4v) is 0. The van der Waals surface area contributed by atoms with Gasteiger partial charge in [-0.15, -0.1) is 0 Å². The van der Waals surface area contributed by atoms with Crippen molar-refractivity contribution in [3.8, 4) is 25.0 Å². The molecule has 0 aromatic heterocycles. The zero-order valence-corrected chi connectivity index (χ0v) is 11.3. The third kappa shape index (κ3) is 2680. The molecule has 0 aliphatic carbocycles. The Morgan fingerprint density at radius 3 is 0.786 bits per heavy atom. The van der Waals surface area contributed by atoms with Gasteiger partial charge in [0.1, 0.15) is 0 Å². The van der Waals surface area contributed by atoms with Crippen molar-refractivity contribution in [1.82, 2.24) is 0 Å². The second-order valence-electron chi connectivity index (χ2n) is 0.391. The van der Waals surface area contributed by atoms with Gasteiger partial charge in [0.2, 0.25) is 0 Å². The number of hydrogen-bond acceptors (Lipinski definition) is 8. The average molecular weight is 262 g/mol. The fourth-order valence-electron chi connectivity index (χ4n) is 0. The Kier molecular flexibility index (Phi) is 385. The summed E-state index contributed by atoms with van der Waals surface area (Å²) in [5.74, 6) is 0. The summed E-state index contributed by atoms with van der Waals surface area (Å²) in [4.78, 5) is 0. The van der Waals surface area contributed by atoms with Crippen LogP contribution in [0, 0.1) is 46.1 Å². The van der Waals surface area contributed by atoms with Crippen LogP contribution >= 0.6 is 0 Å². The van der Waals surface area contributed by atoms with Gasteiger partial charge < -0.3 is 20.4 Å². The molecule has 0 saturated carbocycles. The third-order valence-corrected chi connectivity index (χ3v) is 0. The standard InChI is InChI=1S/4CHNO.Cr.K/c4*2-1-3;;/h4*3H;;/q;;;;;+1/p-1. The summed E-state index contributed by atoms with van der Waals surface area (Å²) in [6, 6.07) is 0. The molecular weight excluding hydrogens is 259 g/mol. The van der Waals surface area contributed by atoms with Crippen molar-refractivity contribution in [2.75, 3.05) is 0 Å². The summed E-state index contributed by atoms with van der Waals surface area (Å²) in [6.45, 7) is 0. The topological polar surface area (TPSA) is 179 Å². The summed E-state index contributed by atoms with van der Waals surface area (Å²) in [5.41, 5.74) is 0. The van der Waals surface area contributed by atoms with Crippen molar-refractivity contribution in [3.63, 3.8) is 0 Å². The molecule has 0 radical (unpaired) electrons. The largest absolute Gasteiger partial charge is 1.00 e. The Hall–Kier alpha value is -0.671. The predicted molar refractivity (Wildman–Crippen MR) is 28.3 cm³/mol. The van der Waals surface area contributed by atoms with Crippen molar-refractivity contribution in [2.45, 2.75) is 0 Å². The third-order valence-electron chi connectivity index (χ3n) is 0. The Bertz CT molecular complexity index is 163. The Balaban J connectivity index is -0.0000000145. The van der Waals surface area contributed by atoms with E-state index in [0.717, 1.165) is 18.8 Å².